The second-order valence-corrected chi connectivity index (χ2v) is 7.38. The Morgan fingerprint density at radius 3 is 2.92 bits per heavy atom. The molecule has 7 nitrogen and oxygen atoms in total. The molecule has 0 radical (unpaired) electrons. The third-order valence-corrected chi connectivity index (χ3v) is 5.22. The van der Waals surface area contributed by atoms with E-state index in [0.717, 1.165) is 11.4 Å². The van der Waals surface area contributed by atoms with Gasteiger partial charge in [-0.3, -0.25) is 14.9 Å². The van der Waals surface area contributed by atoms with E-state index in [4.69, 9.17) is 0 Å². The third-order valence-electron chi connectivity index (χ3n) is 3.25. The number of benzene rings is 1. The molecule has 3 rings (SSSR count). The van der Waals surface area contributed by atoms with Crippen molar-refractivity contribution < 1.29 is 4.79 Å². The van der Waals surface area contributed by atoms with E-state index in [-0.39, 0.29) is 11.5 Å². The standard InChI is InChI=1S/C15H15N5O2S2/c1-3-11-19-20-15(24-11)17-12(21)8(2)23-14-16-10-7-5-4-6-9(10)13(22)18-14/h4-8H,3H2,1-2H3,(H,16,18,22)(H,17,20,21). The molecule has 9 heteroatoms. The van der Waals surface area contributed by atoms with Crippen LogP contribution in [0.15, 0.2) is 34.2 Å². The first kappa shape index (κ1) is 16.6. The van der Waals surface area contributed by atoms with Crippen LogP contribution in [0.4, 0.5) is 5.13 Å². The average Bonchev–Trinajstić information content (AvgIpc) is 3.02. The van der Waals surface area contributed by atoms with Gasteiger partial charge in [-0.25, -0.2) is 4.98 Å². The minimum Gasteiger partial charge on any atom is -0.301 e. The number of hydrogen-bond acceptors (Lipinski definition) is 7. The molecule has 2 heterocycles. The molecule has 24 heavy (non-hydrogen) atoms. The van der Waals surface area contributed by atoms with Gasteiger partial charge in [-0.2, -0.15) is 0 Å². The predicted molar refractivity (Wildman–Crippen MR) is 95.6 cm³/mol. The van der Waals surface area contributed by atoms with Gasteiger partial charge in [0.25, 0.3) is 5.56 Å². The van der Waals surface area contributed by atoms with Gasteiger partial charge < -0.3 is 4.98 Å². The molecule has 0 aliphatic heterocycles. The number of carbonyl (C=O) groups is 1. The zero-order valence-electron chi connectivity index (χ0n) is 13.1. The first-order valence-corrected chi connectivity index (χ1v) is 9.05. The van der Waals surface area contributed by atoms with Gasteiger partial charge in [0.2, 0.25) is 11.0 Å². The van der Waals surface area contributed by atoms with E-state index in [2.05, 4.69) is 25.5 Å². The Morgan fingerprint density at radius 2 is 2.17 bits per heavy atom. The lowest BCUT2D eigenvalue weighted by Crippen LogP contribution is -2.23. The topological polar surface area (TPSA) is 101 Å². The number of amides is 1. The molecule has 0 aliphatic carbocycles. The fraction of sp³-hybridized carbons (Fsp3) is 0.267. The van der Waals surface area contributed by atoms with E-state index >= 15 is 0 Å². The van der Waals surface area contributed by atoms with Crippen molar-refractivity contribution in [3.63, 3.8) is 0 Å². The van der Waals surface area contributed by atoms with Gasteiger partial charge in [-0.1, -0.05) is 42.2 Å². The molecule has 1 aromatic carbocycles. The smallest absolute Gasteiger partial charge is 0.259 e. The summed E-state index contributed by atoms with van der Waals surface area (Å²) in [5.41, 5.74) is 0.389. The van der Waals surface area contributed by atoms with E-state index in [1.165, 1.54) is 23.1 Å². The van der Waals surface area contributed by atoms with Gasteiger partial charge in [-0.05, 0) is 25.5 Å². The molecular weight excluding hydrogens is 346 g/mol. The highest BCUT2D eigenvalue weighted by Crippen LogP contribution is 2.22. The summed E-state index contributed by atoms with van der Waals surface area (Å²) >= 11 is 2.54. The monoisotopic (exact) mass is 361 g/mol. The quantitative estimate of drug-likeness (QED) is 0.535. The molecule has 124 valence electrons. The van der Waals surface area contributed by atoms with Crippen molar-refractivity contribution in [1.82, 2.24) is 20.2 Å². The Hall–Kier alpha value is -2.26. The van der Waals surface area contributed by atoms with E-state index in [1.54, 1.807) is 25.1 Å². The zero-order chi connectivity index (χ0) is 17.1. The van der Waals surface area contributed by atoms with E-state index < -0.39 is 5.25 Å². The number of thioether (sulfide) groups is 1. The van der Waals surface area contributed by atoms with E-state index in [0.29, 0.717) is 21.2 Å². The SMILES string of the molecule is CCc1nnc(NC(=O)C(C)Sc2nc3ccccc3c(=O)[nH]2)s1. The van der Waals surface area contributed by atoms with Crippen LogP contribution in [0.1, 0.15) is 18.9 Å². The summed E-state index contributed by atoms with van der Waals surface area (Å²) in [6.07, 6.45) is 0.778. The minimum absolute atomic E-state index is 0.213. The number of fused-ring (bicyclic) bond motifs is 1. The third kappa shape index (κ3) is 3.62. The van der Waals surface area contributed by atoms with Crippen LogP contribution in [-0.4, -0.2) is 31.3 Å². The average molecular weight is 361 g/mol. The molecule has 0 bridgehead atoms. The largest absolute Gasteiger partial charge is 0.301 e. The highest BCUT2D eigenvalue weighted by molar-refractivity contribution is 8.00. The molecular formula is C15H15N5O2S2. The summed E-state index contributed by atoms with van der Waals surface area (Å²) in [5, 5.41) is 12.5. The maximum Gasteiger partial charge on any atom is 0.259 e. The van der Waals surface area contributed by atoms with Crippen LogP contribution in [0.25, 0.3) is 10.9 Å². The lowest BCUT2D eigenvalue weighted by atomic mass is 10.2. The van der Waals surface area contributed by atoms with Crippen LogP contribution in [0.5, 0.6) is 0 Å². The Balaban J connectivity index is 1.73. The number of hydrogen-bond donors (Lipinski definition) is 2. The van der Waals surface area contributed by atoms with Gasteiger partial charge in [0.15, 0.2) is 5.16 Å². The van der Waals surface area contributed by atoms with Crippen LogP contribution in [0, 0.1) is 0 Å². The summed E-state index contributed by atoms with van der Waals surface area (Å²) in [6.45, 7) is 3.73. The van der Waals surface area contributed by atoms with Crippen molar-refractivity contribution in [2.24, 2.45) is 0 Å². The van der Waals surface area contributed by atoms with Gasteiger partial charge in [-0.15, -0.1) is 10.2 Å². The second kappa shape index (κ2) is 7.10. The number of rotatable bonds is 5. The fourth-order valence-electron chi connectivity index (χ4n) is 2.00. The highest BCUT2D eigenvalue weighted by atomic mass is 32.2. The van der Waals surface area contributed by atoms with Crippen LogP contribution in [0.2, 0.25) is 0 Å². The van der Waals surface area contributed by atoms with Gasteiger partial charge in [0.05, 0.1) is 16.2 Å². The van der Waals surface area contributed by atoms with Crippen molar-refractivity contribution in [2.75, 3.05) is 5.32 Å². The Morgan fingerprint density at radius 1 is 1.38 bits per heavy atom. The number of para-hydroxylation sites is 1. The summed E-state index contributed by atoms with van der Waals surface area (Å²) in [7, 11) is 0. The molecule has 0 spiro atoms. The molecule has 1 unspecified atom stereocenters. The predicted octanol–water partition coefficient (Wildman–Crippen LogP) is 2.46. The van der Waals surface area contributed by atoms with Crippen LogP contribution < -0.4 is 10.9 Å². The molecule has 2 N–H and O–H groups in total. The number of nitrogens with zero attached hydrogens (tertiary/aromatic N) is 3. The lowest BCUT2D eigenvalue weighted by molar-refractivity contribution is -0.115. The number of aromatic nitrogens is 4. The first-order chi connectivity index (χ1) is 11.6. The number of carbonyl (C=O) groups excluding carboxylic acids is 1. The van der Waals surface area contributed by atoms with Gasteiger partial charge >= 0.3 is 0 Å². The molecule has 0 saturated carbocycles. The van der Waals surface area contributed by atoms with Crippen molar-refractivity contribution in [3.8, 4) is 0 Å². The number of aryl methyl sites for hydroxylation is 1. The van der Waals surface area contributed by atoms with Gasteiger partial charge in [0, 0.05) is 0 Å². The van der Waals surface area contributed by atoms with Crippen LogP contribution >= 0.6 is 23.1 Å². The Kier molecular flexibility index (Phi) is 4.91. The van der Waals surface area contributed by atoms with Crippen molar-refractivity contribution >= 4 is 45.0 Å². The van der Waals surface area contributed by atoms with Crippen molar-refractivity contribution in [2.45, 2.75) is 30.7 Å². The minimum atomic E-state index is -0.441. The Labute approximate surface area is 145 Å². The van der Waals surface area contributed by atoms with Crippen LogP contribution in [-0.2, 0) is 11.2 Å². The maximum absolute atomic E-state index is 12.3. The summed E-state index contributed by atoms with van der Waals surface area (Å²) in [6, 6.07) is 7.09. The molecule has 2 aromatic heterocycles. The van der Waals surface area contributed by atoms with Crippen LogP contribution in [0.3, 0.4) is 0 Å². The Bertz CT molecular complexity index is 937. The van der Waals surface area contributed by atoms with Crippen molar-refractivity contribution in [3.05, 3.63) is 39.6 Å². The number of aromatic amines is 1. The number of anilines is 1. The maximum atomic E-state index is 12.3. The number of H-pyrrole nitrogens is 1. The summed E-state index contributed by atoms with van der Waals surface area (Å²) < 4.78 is 0. The highest BCUT2D eigenvalue weighted by Gasteiger charge is 2.18. The zero-order valence-corrected chi connectivity index (χ0v) is 14.7. The molecule has 1 atom stereocenters. The fourth-order valence-corrected chi connectivity index (χ4v) is 3.48. The van der Waals surface area contributed by atoms with E-state index in [1.807, 2.05) is 13.0 Å². The molecule has 0 fully saturated rings. The van der Waals surface area contributed by atoms with Gasteiger partial charge in [0.1, 0.15) is 5.01 Å². The second-order valence-electron chi connectivity index (χ2n) is 4.99. The normalized spacial score (nSPS) is 12.2. The molecule has 3 aromatic rings. The van der Waals surface area contributed by atoms with Crippen molar-refractivity contribution in [1.29, 1.82) is 0 Å². The molecule has 0 aliphatic rings. The first-order valence-electron chi connectivity index (χ1n) is 7.35. The van der Waals surface area contributed by atoms with E-state index in [9.17, 15) is 9.59 Å². The summed E-state index contributed by atoms with van der Waals surface area (Å²) in [4.78, 5) is 31.4. The number of nitrogens with one attached hydrogen (secondary N) is 2. The lowest BCUT2D eigenvalue weighted by Gasteiger charge is -2.09. The summed E-state index contributed by atoms with van der Waals surface area (Å²) in [5.74, 6) is -0.213. The molecule has 1 amide bonds. The molecule has 0 saturated heterocycles.